The summed E-state index contributed by atoms with van der Waals surface area (Å²) in [6.45, 7) is 0. The van der Waals surface area contributed by atoms with E-state index >= 15 is 0 Å². The molecule has 0 aliphatic rings. The van der Waals surface area contributed by atoms with Gasteiger partial charge in [-0.2, -0.15) is 0 Å². The van der Waals surface area contributed by atoms with Crippen LogP contribution in [0.4, 0.5) is 0 Å². The van der Waals surface area contributed by atoms with Crippen LogP contribution in [0.3, 0.4) is 0 Å². The highest BCUT2D eigenvalue weighted by Gasteiger charge is 2.23. The predicted molar refractivity (Wildman–Crippen MR) is 143 cm³/mol. The number of benzene rings is 4. The normalized spacial score (nSPS) is 13.1. The Bertz CT molecular complexity index is 1230. The van der Waals surface area contributed by atoms with E-state index in [2.05, 4.69) is 0 Å². The quantitative estimate of drug-likeness (QED) is 0.282. The van der Waals surface area contributed by atoms with Crippen LogP contribution >= 0.6 is 0 Å². The van der Waals surface area contributed by atoms with Gasteiger partial charge in [0.05, 0.1) is 14.2 Å². The fourth-order valence-corrected chi connectivity index (χ4v) is 3.84. The molecule has 0 fully saturated rings. The van der Waals surface area contributed by atoms with Gasteiger partial charge in [-0.1, -0.05) is 60.7 Å². The van der Waals surface area contributed by atoms with Crippen molar-refractivity contribution in [2.45, 2.75) is 12.1 Å². The zero-order valence-corrected chi connectivity index (χ0v) is 20.2. The van der Waals surface area contributed by atoms with Crippen molar-refractivity contribution in [1.82, 2.24) is 0 Å². The molecule has 36 heavy (non-hydrogen) atoms. The molecule has 6 nitrogen and oxygen atoms in total. The van der Waals surface area contributed by atoms with Gasteiger partial charge in [0.15, 0.2) is 0 Å². The third kappa shape index (κ3) is 5.91. The minimum atomic E-state index is -0.397. The van der Waals surface area contributed by atoms with E-state index < -0.39 is 12.1 Å². The fraction of sp³-hybridized carbons (Fsp3) is 0.133. The van der Waals surface area contributed by atoms with E-state index in [0.29, 0.717) is 22.6 Å². The molecule has 0 unspecified atom stereocenters. The number of aromatic hydroxyl groups is 2. The van der Waals surface area contributed by atoms with Gasteiger partial charge in [0.2, 0.25) is 0 Å². The average molecular weight is 481 g/mol. The largest absolute Gasteiger partial charge is 0.507 e. The molecule has 0 saturated carbocycles. The first-order chi connectivity index (χ1) is 17.6. The summed E-state index contributed by atoms with van der Waals surface area (Å²) in [6.07, 6.45) is 3.31. The van der Waals surface area contributed by atoms with Crippen molar-refractivity contribution in [2.75, 3.05) is 14.2 Å². The van der Waals surface area contributed by atoms with Gasteiger partial charge in [0, 0.05) is 35.7 Å². The van der Waals surface area contributed by atoms with Gasteiger partial charge in [0.25, 0.3) is 0 Å². The van der Waals surface area contributed by atoms with Crippen LogP contribution in [0.25, 0.3) is 0 Å². The van der Waals surface area contributed by atoms with Crippen molar-refractivity contribution in [3.63, 3.8) is 0 Å². The predicted octanol–water partition coefficient (Wildman–Crippen LogP) is 6.14. The van der Waals surface area contributed by atoms with Crippen molar-refractivity contribution in [3.8, 4) is 23.0 Å². The summed E-state index contributed by atoms with van der Waals surface area (Å²) < 4.78 is 10.4. The van der Waals surface area contributed by atoms with Crippen molar-refractivity contribution in [2.24, 2.45) is 9.98 Å². The minimum absolute atomic E-state index is 0.0767. The average Bonchev–Trinajstić information content (AvgIpc) is 2.92. The van der Waals surface area contributed by atoms with Gasteiger partial charge < -0.3 is 19.7 Å². The summed E-state index contributed by atoms with van der Waals surface area (Å²) in [7, 11) is 3.11. The third-order valence-corrected chi connectivity index (χ3v) is 5.80. The Morgan fingerprint density at radius 2 is 0.972 bits per heavy atom. The molecule has 2 atom stereocenters. The van der Waals surface area contributed by atoms with Gasteiger partial charge in [-0.15, -0.1) is 0 Å². The molecule has 0 aromatic heterocycles. The second-order valence-electron chi connectivity index (χ2n) is 8.12. The smallest absolute Gasteiger partial charge is 0.128 e. The first-order valence-corrected chi connectivity index (χ1v) is 11.5. The zero-order chi connectivity index (χ0) is 25.3. The summed E-state index contributed by atoms with van der Waals surface area (Å²) in [5.74, 6) is 1.28. The van der Waals surface area contributed by atoms with Crippen LogP contribution in [-0.4, -0.2) is 36.9 Å². The molecular weight excluding hydrogens is 452 g/mol. The monoisotopic (exact) mass is 480 g/mol. The summed E-state index contributed by atoms with van der Waals surface area (Å²) in [5.41, 5.74) is 3.07. The lowest BCUT2D eigenvalue weighted by Gasteiger charge is -2.22. The van der Waals surface area contributed by atoms with Crippen LogP contribution in [0.2, 0.25) is 0 Å². The SMILES string of the molecule is COc1ccc(C=N[C@H](c2ccccc2)[C@@H](N=Cc2ccc(OC)cc2O)c2ccccc2)c(O)c1. The number of aliphatic imine (C=N–C) groups is 2. The van der Waals surface area contributed by atoms with E-state index in [4.69, 9.17) is 19.5 Å². The lowest BCUT2D eigenvalue weighted by atomic mass is 9.94. The van der Waals surface area contributed by atoms with Crippen LogP contribution < -0.4 is 9.47 Å². The number of hydrogen-bond acceptors (Lipinski definition) is 6. The standard InChI is InChI=1S/C30H28N2O4/c1-35-25-15-13-23(27(33)17-25)19-31-29(21-9-5-3-6-10-21)30(22-11-7-4-8-12-22)32-20-24-14-16-26(36-2)18-28(24)34/h3-20,29-30,33-34H,1-2H3/t29-,30+. The van der Waals surface area contributed by atoms with E-state index in [1.54, 1.807) is 63.0 Å². The summed E-state index contributed by atoms with van der Waals surface area (Å²) >= 11 is 0. The Morgan fingerprint density at radius 3 is 1.31 bits per heavy atom. The number of hydrogen-bond donors (Lipinski definition) is 2. The molecule has 4 aromatic rings. The Kier molecular flexibility index (Phi) is 7.98. The Hall–Kier alpha value is -4.58. The second kappa shape index (κ2) is 11.7. The molecule has 0 aliphatic heterocycles. The third-order valence-electron chi connectivity index (χ3n) is 5.80. The maximum absolute atomic E-state index is 10.4. The molecule has 0 radical (unpaired) electrons. The maximum Gasteiger partial charge on any atom is 0.128 e. The number of phenols is 2. The van der Waals surface area contributed by atoms with Gasteiger partial charge in [-0.3, -0.25) is 9.98 Å². The minimum Gasteiger partial charge on any atom is -0.507 e. The molecule has 0 heterocycles. The number of rotatable bonds is 9. The Morgan fingerprint density at radius 1 is 0.583 bits per heavy atom. The highest BCUT2D eigenvalue weighted by atomic mass is 16.5. The second-order valence-corrected chi connectivity index (χ2v) is 8.12. The van der Waals surface area contributed by atoms with E-state index in [9.17, 15) is 10.2 Å². The van der Waals surface area contributed by atoms with Crippen LogP contribution in [-0.2, 0) is 0 Å². The number of methoxy groups -OCH3 is 2. The van der Waals surface area contributed by atoms with E-state index in [1.807, 2.05) is 60.7 Å². The number of nitrogens with zero attached hydrogens (tertiary/aromatic N) is 2. The Balaban J connectivity index is 1.77. The summed E-state index contributed by atoms with van der Waals surface area (Å²) in [4.78, 5) is 9.79. The molecular formula is C30H28N2O4. The summed E-state index contributed by atoms with van der Waals surface area (Å²) in [5, 5.41) is 20.9. The highest BCUT2D eigenvalue weighted by molar-refractivity contribution is 5.85. The van der Waals surface area contributed by atoms with Crippen LogP contribution in [0.15, 0.2) is 107 Å². The molecule has 0 amide bonds. The van der Waals surface area contributed by atoms with Gasteiger partial charge in [-0.05, 0) is 35.4 Å². The molecule has 0 saturated heterocycles. The molecule has 0 aliphatic carbocycles. The molecule has 0 spiro atoms. The van der Waals surface area contributed by atoms with Crippen molar-refractivity contribution in [3.05, 3.63) is 119 Å². The topological polar surface area (TPSA) is 83.6 Å². The van der Waals surface area contributed by atoms with E-state index in [0.717, 1.165) is 11.1 Å². The van der Waals surface area contributed by atoms with E-state index in [-0.39, 0.29) is 11.5 Å². The van der Waals surface area contributed by atoms with Crippen LogP contribution in [0.5, 0.6) is 23.0 Å². The Labute approximate surface area is 210 Å². The lowest BCUT2D eigenvalue weighted by molar-refractivity contribution is 0.407. The van der Waals surface area contributed by atoms with E-state index in [1.165, 1.54) is 0 Å². The fourth-order valence-electron chi connectivity index (χ4n) is 3.84. The maximum atomic E-state index is 10.4. The zero-order valence-electron chi connectivity index (χ0n) is 20.2. The first kappa shape index (κ1) is 24.5. The number of phenolic OH excluding ortho intramolecular Hbond substituents is 2. The van der Waals surface area contributed by atoms with Gasteiger partial charge >= 0.3 is 0 Å². The molecule has 182 valence electrons. The molecule has 4 rings (SSSR count). The van der Waals surface area contributed by atoms with Gasteiger partial charge in [-0.25, -0.2) is 0 Å². The van der Waals surface area contributed by atoms with Crippen molar-refractivity contribution >= 4 is 12.4 Å². The van der Waals surface area contributed by atoms with Crippen molar-refractivity contribution < 1.29 is 19.7 Å². The van der Waals surface area contributed by atoms with Crippen LogP contribution in [0.1, 0.15) is 34.3 Å². The van der Waals surface area contributed by atoms with Crippen LogP contribution in [0, 0.1) is 0 Å². The lowest BCUT2D eigenvalue weighted by Crippen LogP contribution is -2.09. The highest BCUT2D eigenvalue weighted by Crippen LogP contribution is 2.36. The molecule has 2 N–H and O–H groups in total. The van der Waals surface area contributed by atoms with Gasteiger partial charge in [0.1, 0.15) is 35.1 Å². The first-order valence-electron chi connectivity index (χ1n) is 11.5. The molecule has 0 bridgehead atoms. The summed E-state index contributed by atoms with van der Waals surface area (Å²) in [6, 6.07) is 29.2. The molecule has 6 heteroatoms. The van der Waals surface area contributed by atoms with Crippen molar-refractivity contribution in [1.29, 1.82) is 0 Å². The number of ether oxygens (including phenoxy) is 2. The molecule has 4 aromatic carbocycles.